The Morgan fingerprint density at radius 1 is 0.897 bits per heavy atom. The van der Waals surface area contributed by atoms with Gasteiger partial charge in [-0.2, -0.15) is 0 Å². The van der Waals surface area contributed by atoms with E-state index in [1.54, 1.807) is 0 Å². The first-order valence-electron chi connectivity index (χ1n) is 10.5. The Morgan fingerprint density at radius 2 is 1.69 bits per heavy atom. The molecule has 0 aromatic heterocycles. The van der Waals surface area contributed by atoms with E-state index >= 15 is 0 Å². The smallest absolute Gasteiger partial charge is 0.142 e. The van der Waals surface area contributed by atoms with E-state index in [-0.39, 0.29) is 6.10 Å². The molecule has 3 aromatic rings. The van der Waals surface area contributed by atoms with E-state index in [1.807, 2.05) is 36.4 Å². The van der Waals surface area contributed by atoms with Gasteiger partial charge in [-0.15, -0.1) is 0 Å². The molecule has 0 heterocycles. The fourth-order valence-electron chi connectivity index (χ4n) is 3.22. The second-order valence-electron chi connectivity index (χ2n) is 7.28. The van der Waals surface area contributed by atoms with Crippen molar-refractivity contribution in [1.82, 2.24) is 0 Å². The quantitative estimate of drug-likeness (QED) is 0.392. The van der Waals surface area contributed by atoms with Crippen LogP contribution in [0.1, 0.15) is 30.9 Å². The Hall–Kier alpha value is -2.94. The second-order valence-corrected chi connectivity index (χ2v) is 7.28. The van der Waals surface area contributed by atoms with E-state index in [9.17, 15) is 0 Å². The number of aryl methyl sites for hydroxylation is 2. The zero-order valence-corrected chi connectivity index (χ0v) is 17.4. The predicted octanol–water partition coefficient (Wildman–Crippen LogP) is 6.28. The monoisotopic (exact) mass is 389 g/mol. The van der Waals surface area contributed by atoms with Crippen LogP contribution < -0.4 is 14.8 Å². The van der Waals surface area contributed by atoms with Crippen LogP contribution in [0.3, 0.4) is 0 Å². The lowest BCUT2D eigenvalue weighted by Crippen LogP contribution is -2.25. The molecule has 29 heavy (non-hydrogen) atoms. The van der Waals surface area contributed by atoms with Crippen LogP contribution in [0.5, 0.6) is 11.5 Å². The molecule has 0 aliphatic rings. The molecule has 0 bridgehead atoms. The van der Waals surface area contributed by atoms with Crippen LogP contribution in [0.4, 0.5) is 5.69 Å². The predicted molar refractivity (Wildman–Crippen MR) is 121 cm³/mol. The van der Waals surface area contributed by atoms with Gasteiger partial charge in [0.1, 0.15) is 17.6 Å². The first kappa shape index (κ1) is 20.8. The summed E-state index contributed by atoms with van der Waals surface area (Å²) >= 11 is 0. The third-order valence-corrected chi connectivity index (χ3v) is 4.87. The van der Waals surface area contributed by atoms with Gasteiger partial charge in [0.15, 0.2) is 0 Å². The summed E-state index contributed by atoms with van der Waals surface area (Å²) in [5, 5.41) is 3.51. The number of nitrogens with one attached hydrogen (secondary N) is 1. The lowest BCUT2D eigenvalue weighted by Gasteiger charge is -2.20. The number of hydrogen-bond donors (Lipinski definition) is 1. The van der Waals surface area contributed by atoms with Gasteiger partial charge < -0.3 is 14.8 Å². The molecule has 3 heteroatoms. The average molecular weight is 390 g/mol. The van der Waals surface area contributed by atoms with Gasteiger partial charge in [0.25, 0.3) is 0 Å². The van der Waals surface area contributed by atoms with E-state index in [0.717, 1.165) is 43.0 Å². The average Bonchev–Trinajstić information content (AvgIpc) is 2.75. The maximum absolute atomic E-state index is 6.15. The van der Waals surface area contributed by atoms with E-state index in [2.05, 4.69) is 61.6 Å². The molecule has 3 rings (SSSR count). The summed E-state index contributed by atoms with van der Waals surface area (Å²) in [4.78, 5) is 0. The zero-order chi connectivity index (χ0) is 20.3. The van der Waals surface area contributed by atoms with Crippen molar-refractivity contribution in [2.75, 3.05) is 18.5 Å². The highest BCUT2D eigenvalue weighted by Crippen LogP contribution is 2.24. The van der Waals surface area contributed by atoms with Gasteiger partial charge in [-0.1, -0.05) is 61.5 Å². The summed E-state index contributed by atoms with van der Waals surface area (Å²) < 4.78 is 12.2. The second kappa shape index (κ2) is 11.2. The SMILES string of the molecule is CCC(CNc1ccccc1OCCCc1ccccc1)Oc1cccc(C)c1. The van der Waals surface area contributed by atoms with Gasteiger partial charge in [0.2, 0.25) is 0 Å². The lowest BCUT2D eigenvalue weighted by molar-refractivity contribution is 0.209. The summed E-state index contributed by atoms with van der Waals surface area (Å²) in [6, 6.07) is 26.9. The van der Waals surface area contributed by atoms with Crippen LogP contribution in [-0.4, -0.2) is 19.3 Å². The molecule has 0 saturated carbocycles. The lowest BCUT2D eigenvalue weighted by atomic mass is 10.1. The first-order chi connectivity index (χ1) is 14.2. The fraction of sp³-hybridized carbons (Fsp3) is 0.308. The minimum absolute atomic E-state index is 0.0999. The molecule has 0 saturated heterocycles. The van der Waals surface area contributed by atoms with Crippen molar-refractivity contribution in [2.45, 2.75) is 39.2 Å². The third kappa shape index (κ3) is 6.86. The molecule has 1 unspecified atom stereocenters. The van der Waals surface area contributed by atoms with Crippen LogP contribution in [0.25, 0.3) is 0 Å². The van der Waals surface area contributed by atoms with Crippen LogP contribution in [0.15, 0.2) is 78.9 Å². The van der Waals surface area contributed by atoms with Crippen LogP contribution in [0, 0.1) is 6.92 Å². The molecule has 3 aromatic carbocycles. The van der Waals surface area contributed by atoms with E-state index in [1.165, 1.54) is 11.1 Å². The van der Waals surface area contributed by atoms with Gasteiger partial charge in [-0.05, 0) is 61.6 Å². The topological polar surface area (TPSA) is 30.5 Å². The van der Waals surface area contributed by atoms with Crippen molar-refractivity contribution >= 4 is 5.69 Å². The largest absolute Gasteiger partial charge is 0.491 e. The minimum atomic E-state index is 0.0999. The molecule has 1 atom stereocenters. The molecule has 152 valence electrons. The van der Waals surface area contributed by atoms with Crippen molar-refractivity contribution in [1.29, 1.82) is 0 Å². The Labute approximate surface area is 174 Å². The zero-order valence-electron chi connectivity index (χ0n) is 17.4. The van der Waals surface area contributed by atoms with Crippen molar-refractivity contribution < 1.29 is 9.47 Å². The summed E-state index contributed by atoms with van der Waals surface area (Å²) in [6.07, 6.45) is 3.05. The van der Waals surface area contributed by atoms with Crippen LogP contribution >= 0.6 is 0 Å². The highest BCUT2D eigenvalue weighted by Gasteiger charge is 2.10. The summed E-state index contributed by atoms with van der Waals surface area (Å²) in [6.45, 7) is 5.66. The van der Waals surface area contributed by atoms with Gasteiger partial charge >= 0.3 is 0 Å². The molecular weight excluding hydrogens is 358 g/mol. The molecular formula is C26H31NO2. The number of benzene rings is 3. The summed E-state index contributed by atoms with van der Waals surface area (Å²) in [5.41, 5.74) is 3.57. The molecule has 1 N–H and O–H groups in total. The Balaban J connectivity index is 1.50. The van der Waals surface area contributed by atoms with E-state index in [4.69, 9.17) is 9.47 Å². The molecule has 0 aliphatic heterocycles. The highest BCUT2D eigenvalue weighted by atomic mass is 16.5. The third-order valence-electron chi connectivity index (χ3n) is 4.87. The molecule has 0 amide bonds. The molecule has 0 radical (unpaired) electrons. The highest BCUT2D eigenvalue weighted by molar-refractivity contribution is 5.56. The van der Waals surface area contributed by atoms with Crippen molar-refractivity contribution in [2.24, 2.45) is 0 Å². The molecule has 0 aliphatic carbocycles. The number of ether oxygens (including phenoxy) is 2. The molecule has 0 spiro atoms. The number of anilines is 1. The van der Waals surface area contributed by atoms with Crippen LogP contribution in [-0.2, 0) is 6.42 Å². The maximum atomic E-state index is 6.15. The van der Waals surface area contributed by atoms with Gasteiger partial charge in [-0.25, -0.2) is 0 Å². The minimum Gasteiger partial charge on any atom is -0.491 e. The van der Waals surface area contributed by atoms with Gasteiger partial charge in [-0.3, -0.25) is 0 Å². The number of rotatable bonds is 11. The molecule has 3 nitrogen and oxygen atoms in total. The van der Waals surface area contributed by atoms with Crippen molar-refractivity contribution in [3.05, 3.63) is 90.0 Å². The standard InChI is InChI=1S/C26H31NO2/c1-3-23(29-24-15-9-11-21(2)19-24)20-27-25-16-7-8-17-26(25)28-18-10-14-22-12-5-4-6-13-22/h4-9,11-13,15-17,19,23,27H,3,10,14,18,20H2,1-2H3. The van der Waals surface area contributed by atoms with Crippen molar-refractivity contribution in [3.8, 4) is 11.5 Å². The van der Waals surface area contributed by atoms with Crippen molar-refractivity contribution in [3.63, 3.8) is 0 Å². The fourth-order valence-corrected chi connectivity index (χ4v) is 3.22. The van der Waals surface area contributed by atoms with Crippen LogP contribution in [0.2, 0.25) is 0 Å². The van der Waals surface area contributed by atoms with E-state index < -0.39 is 0 Å². The maximum Gasteiger partial charge on any atom is 0.142 e. The summed E-state index contributed by atoms with van der Waals surface area (Å²) in [5.74, 6) is 1.81. The van der Waals surface area contributed by atoms with E-state index in [0.29, 0.717) is 6.61 Å². The Morgan fingerprint density at radius 3 is 2.48 bits per heavy atom. The van der Waals surface area contributed by atoms with Gasteiger partial charge in [0.05, 0.1) is 18.8 Å². The normalized spacial score (nSPS) is 11.7. The molecule has 0 fully saturated rings. The number of para-hydroxylation sites is 2. The Kier molecular flexibility index (Phi) is 8.00. The summed E-state index contributed by atoms with van der Waals surface area (Å²) in [7, 11) is 0. The number of hydrogen-bond acceptors (Lipinski definition) is 3. The first-order valence-corrected chi connectivity index (χ1v) is 10.5. The van der Waals surface area contributed by atoms with Gasteiger partial charge in [0, 0.05) is 0 Å². The Bertz CT molecular complexity index is 863.